The first-order valence-corrected chi connectivity index (χ1v) is 13.4. The number of carbonyl (C=O) groups excluding carboxylic acids is 1. The minimum atomic E-state index is -4.03. The fourth-order valence-electron chi connectivity index (χ4n) is 4.62. The summed E-state index contributed by atoms with van der Waals surface area (Å²) < 4.78 is 33.3. The monoisotopic (exact) mass is 513 g/mol. The predicted molar refractivity (Wildman–Crippen MR) is 146 cm³/mol. The van der Waals surface area contributed by atoms with Crippen LogP contribution >= 0.6 is 0 Å². The van der Waals surface area contributed by atoms with Crippen molar-refractivity contribution in [3.8, 4) is 5.75 Å². The van der Waals surface area contributed by atoms with Crippen LogP contribution in [0.1, 0.15) is 22.3 Å². The Labute approximate surface area is 216 Å². The summed E-state index contributed by atoms with van der Waals surface area (Å²) in [5.74, 6) is -0.0178. The molecular formula is C29H27N3O4S. The highest BCUT2D eigenvalue weighted by molar-refractivity contribution is 7.92. The third kappa shape index (κ3) is 4.93. The van der Waals surface area contributed by atoms with Crippen molar-refractivity contribution in [2.75, 3.05) is 18.0 Å². The first-order valence-electron chi connectivity index (χ1n) is 12.0. The van der Waals surface area contributed by atoms with Gasteiger partial charge in [-0.1, -0.05) is 48.0 Å². The van der Waals surface area contributed by atoms with Gasteiger partial charge in [-0.05, 0) is 78.1 Å². The van der Waals surface area contributed by atoms with E-state index in [9.17, 15) is 13.2 Å². The molecular weight excluding hydrogens is 486 g/mol. The van der Waals surface area contributed by atoms with Gasteiger partial charge in [0, 0.05) is 5.56 Å². The quantitative estimate of drug-likeness (QED) is 0.276. The van der Waals surface area contributed by atoms with E-state index in [1.807, 2.05) is 19.1 Å². The second-order valence-electron chi connectivity index (χ2n) is 8.97. The average molecular weight is 514 g/mol. The maximum absolute atomic E-state index is 13.5. The van der Waals surface area contributed by atoms with Gasteiger partial charge >= 0.3 is 0 Å². The number of nitrogens with zero attached hydrogens (tertiary/aromatic N) is 2. The van der Waals surface area contributed by atoms with Crippen molar-refractivity contribution in [3.63, 3.8) is 0 Å². The van der Waals surface area contributed by atoms with Crippen LogP contribution in [0.25, 0.3) is 10.8 Å². The lowest BCUT2D eigenvalue weighted by molar-refractivity contribution is -0.119. The molecule has 0 radical (unpaired) electrons. The number of hydrazone groups is 1. The molecule has 0 spiro atoms. The summed E-state index contributed by atoms with van der Waals surface area (Å²) in [4.78, 5) is 12.9. The number of aryl methyl sites for hydroxylation is 3. The third-order valence-corrected chi connectivity index (χ3v) is 8.35. The van der Waals surface area contributed by atoms with E-state index in [1.54, 1.807) is 42.6 Å². The van der Waals surface area contributed by atoms with Crippen LogP contribution in [0.2, 0.25) is 0 Å². The van der Waals surface area contributed by atoms with Gasteiger partial charge in [0.1, 0.15) is 12.3 Å². The van der Waals surface area contributed by atoms with Crippen LogP contribution in [0.3, 0.4) is 0 Å². The number of hydrogen-bond acceptors (Lipinski definition) is 5. The van der Waals surface area contributed by atoms with Crippen molar-refractivity contribution >= 4 is 38.6 Å². The molecule has 0 heterocycles. The van der Waals surface area contributed by atoms with Crippen LogP contribution in [0.4, 0.5) is 5.69 Å². The molecule has 7 nitrogen and oxygen atoms in total. The number of benzene rings is 4. The number of rotatable bonds is 8. The molecule has 8 heteroatoms. The second-order valence-corrected chi connectivity index (χ2v) is 10.8. The van der Waals surface area contributed by atoms with Crippen molar-refractivity contribution in [2.45, 2.75) is 24.7 Å². The number of hydrogen-bond donors (Lipinski definition) is 1. The molecule has 0 aliphatic heterocycles. The van der Waals surface area contributed by atoms with Crippen molar-refractivity contribution in [1.29, 1.82) is 0 Å². The van der Waals surface area contributed by atoms with Gasteiger partial charge in [-0.3, -0.25) is 9.10 Å². The summed E-state index contributed by atoms with van der Waals surface area (Å²) in [5, 5.41) is 6.50. The number of anilines is 1. The first kappa shape index (κ1) is 24.5. The molecule has 5 rings (SSSR count). The van der Waals surface area contributed by atoms with E-state index in [4.69, 9.17) is 4.74 Å². The van der Waals surface area contributed by atoms with Gasteiger partial charge in [0.2, 0.25) is 0 Å². The van der Waals surface area contributed by atoms with E-state index in [0.29, 0.717) is 11.4 Å². The van der Waals surface area contributed by atoms with Gasteiger partial charge in [-0.2, -0.15) is 5.10 Å². The van der Waals surface area contributed by atoms with Gasteiger partial charge in [0.05, 0.1) is 23.9 Å². The Morgan fingerprint density at radius 1 is 0.973 bits per heavy atom. The molecule has 1 N–H and O–H groups in total. The lowest BCUT2D eigenvalue weighted by Crippen LogP contribution is -2.39. The molecule has 0 atom stereocenters. The Morgan fingerprint density at radius 2 is 1.68 bits per heavy atom. The van der Waals surface area contributed by atoms with Gasteiger partial charge in [-0.15, -0.1) is 0 Å². The summed E-state index contributed by atoms with van der Waals surface area (Å²) in [6.07, 6.45) is 3.66. The number of methoxy groups -OCH3 is 1. The Morgan fingerprint density at radius 3 is 2.38 bits per heavy atom. The molecule has 0 saturated heterocycles. The summed E-state index contributed by atoms with van der Waals surface area (Å²) in [5.41, 5.74) is 7.40. The van der Waals surface area contributed by atoms with Crippen LogP contribution in [0, 0.1) is 6.92 Å². The molecule has 0 bridgehead atoms. The molecule has 1 amide bonds. The van der Waals surface area contributed by atoms with Crippen molar-refractivity contribution < 1.29 is 17.9 Å². The number of carbonyl (C=O) groups is 1. The molecule has 37 heavy (non-hydrogen) atoms. The zero-order valence-electron chi connectivity index (χ0n) is 20.6. The Kier molecular flexibility index (Phi) is 6.67. The van der Waals surface area contributed by atoms with Crippen molar-refractivity contribution in [1.82, 2.24) is 5.43 Å². The van der Waals surface area contributed by atoms with Gasteiger partial charge in [0.25, 0.3) is 15.9 Å². The highest BCUT2D eigenvalue weighted by Crippen LogP contribution is 2.32. The topological polar surface area (TPSA) is 88.1 Å². The minimum absolute atomic E-state index is 0.0538. The molecule has 1 aliphatic rings. The maximum Gasteiger partial charge on any atom is 0.264 e. The molecule has 188 valence electrons. The van der Waals surface area contributed by atoms with Gasteiger partial charge in [-0.25, -0.2) is 13.8 Å². The molecule has 1 aliphatic carbocycles. The lowest BCUT2D eigenvalue weighted by atomic mass is 10.0. The van der Waals surface area contributed by atoms with E-state index in [2.05, 4.69) is 28.7 Å². The Balaban J connectivity index is 1.38. The standard InChI is InChI=1S/C29H27N3O4S/c1-20-6-12-24(13-7-20)32(37(34,35)26-16-14-25(36-2)15-17-26)19-28(33)31-30-18-23-11-10-22-9-8-21-4-3-5-27(23)29(21)22/h3-7,10-18H,8-9,19H2,1-2H3,(H,31,33)/b30-18-. The lowest BCUT2D eigenvalue weighted by Gasteiger charge is -2.24. The van der Waals surface area contributed by atoms with Crippen LogP contribution < -0.4 is 14.5 Å². The van der Waals surface area contributed by atoms with E-state index in [-0.39, 0.29) is 4.90 Å². The van der Waals surface area contributed by atoms with E-state index in [0.717, 1.165) is 33.7 Å². The van der Waals surface area contributed by atoms with E-state index < -0.39 is 22.5 Å². The largest absolute Gasteiger partial charge is 0.497 e. The Bertz CT molecular complexity index is 1590. The highest BCUT2D eigenvalue weighted by Gasteiger charge is 2.27. The fraction of sp³-hybridized carbons (Fsp3) is 0.172. The zero-order valence-corrected chi connectivity index (χ0v) is 21.5. The van der Waals surface area contributed by atoms with E-state index in [1.165, 1.54) is 35.8 Å². The molecule has 0 aromatic heterocycles. The number of sulfonamides is 1. The number of nitrogens with one attached hydrogen (secondary N) is 1. The van der Waals surface area contributed by atoms with E-state index >= 15 is 0 Å². The summed E-state index contributed by atoms with van der Waals surface area (Å²) in [6, 6.07) is 23.4. The molecule has 0 unspecified atom stereocenters. The smallest absolute Gasteiger partial charge is 0.264 e. The minimum Gasteiger partial charge on any atom is -0.497 e. The summed E-state index contributed by atoms with van der Waals surface area (Å²) in [7, 11) is -2.52. The molecule has 0 saturated carbocycles. The Hall–Kier alpha value is -4.17. The molecule has 0 fully saturated rings. The SMILES string of the molecule is COc1ccc(S(=O)(=O)N(CC(=O)N/N=C\c2ccc3c4c(cccc24)CC3)c2ccc(C)cc2)cc1. The summed E-state index contributed by atoms with van der Waals surface area (Å²) >= 11 is 0. The van der Waals surface area contributed by atoms with Crippen LogP contribution in [-0.4, -0.2) is 34.2 Å². The zero-order chi connectivity index (χ0) is 26.0. The third-order valence-electron chi connectivity index (χ3n) is 6.56. The fourth-order valence-corrected chi connectivity index (χ4v) is 6.04. The maximum atomic E-state index is 13.5. The van der Waals surface area contributed by atoms with Crippen LogP contribution in [0.15, 0.2) is 88.9 Å². The predicted octanol–water partition coefficient (Wildman–Crippen LogP) is 4.60. The second kappa shape index (κ2) is 10.1. The number of ether oxygens (including phenoxy) is 1. The summed E-state index contributed by atoms with van der Waals surface area (Å²) in [6.45, 7) is 1.48. The average Bonchev–Trinajstić information content (AvgIpc) is 3.34. The number of amides is 1. The van der Waals surface area contributed by atoms with Crippen molar-refractivity contribution in [2.24, 2.45) is 5.10 Å². The van der Waals surface area contributed by atoms with Gasteiger partial charge in [0.15, 0.2) is 0 Å². The van der Waals surface area contributed by atoms with Gasteiger partial charge < -0.3 is 4.74 Å². The van der Waals surface area contributed by atoms with Crippen molar-refractivity contribution in [3.05, 3.63) is 101 Å². The normalized spacial score (nSPS) is 12.7. The molecule has 4 aromatic rings. The highest BCUT2D eigenvalue weighted by atomic mass is 32.2. The molecule has 4 aromatic carbocycles. The first-order chi connectivity index (χ1) is 17.9. The van der Waals surface area contributed by atoms with Crippen LogP contribution in [-0.2, 0) is 27.7 Å². The van der Waals surface area contributed by atoms with Crippen LogP contribution in [0.5, 0.6) is 5.75 Å².